The lowest BCUT2D eigenvalue weighted by molar-refractivity contribution is -0.122. The first-order chi connectivity index (χ1) is 13.7. The average molecular weight is 422 g/mol. The van der Waals surface area contributed by atoms with E-state index in [1.54, 1.807) is 0 Å². The number of halogens is 1. The molecule has 2 aromatic rings. The van der Waals surface area contributed by atoms with Crippen LogP contribution in [0.4, 0.5) is 15.8 Å². The van der Waals surface area contributed by atoms with Crippen LogP contribution in [0.2, 0.25) is 0 Å². The predicted molar refractivity (Wildman–Crippen MR) is 115 cm³/mol. The Bertz CT molecular complexity index is 911. The third-order valence-electron chi connectivity index (χ3n) is 4.70. The third kappa shape index (κ3) is 5.93. The molecule has 1 N–H and O–H groups in total. The molecule has 0 fully saturated rings. The zero-order chi connectivity index (χ0) is 21.6. The van der Waals surface area contributed by atoms with Gasteiger partial charge in [-0.15, -0.1) is 0 Å². The monoisotopic (exact) mass is 421 g/mol. The number of sulfonamides is 1. The van der Waals surface area contributed by atoms with E-state index in [4.69, 9.17) is 0 Å². The molecule has 6 nitrogen and oxygen atoms in total. The molecule has 0 radical (unpaired) electrons. The van der Waals surface area contributed by atoms with Crippen molar-refractivity contribution in [1.29, 1.82) is 0 Å². The van der Waals surface area contributed by atoms with Gasteiger partial charge in [-0.1, -0.05) is 12.1 Å². The fraction of sp³-hybridized carbons (Fsp3) is 0.381. The number of carbonyl (C=O) groups excluding carboxylic acids is 1. The van der Waals surface area contributed by atoms with E-state index >= 15 is 0 Å². The molecule has 0 aliphatic heterocycles. The number of anilines is 2. The van der Waals surface area contributed by atoms with Gasteiger partial charge in [-0.2, -0.15) is 0 Å². The predicted octanol–water partition coefficient (Wildman–Crippen LogP) is 3.14. The summed E-state index contributed by atoms with van der Waals surface area (Å²) in [4.78, 5) is 14.8. The van der Waals surface area contributed by atoms with Gasteiger partial charge < -0.3 is 10.2 Å². The van der Waals surface area contributed by atoms with E-state index in [2.05, 4.69) is 24.1 Å². The number of benzene rings is 2. The van der Waals surface area contributed by atoms with Crippen LogP contribution >= 0.6 is 0 Å². The summed E-state index contributed by atoms with van der Waals surface area (Å²) in [6.07, 6.45) is 1.02. The maximum atomic E-state index is 13.2. The van der Waals surface area contributed by atoms with Crippen LogP contribution in [0.15, 0.2) is 48.5 Å². The summed E-state index contributed by atoms with van der Waals surface area (Å²) in [5.74, 6) is -0.917. The zero-order valence-corrected chi connectivity index (χ0v) is 18.0. The molecule has 0 aliphatic rings. The Morgan fingerprint density at radius 1 is 1.00 bits per heavy atom. The van der Waals surface area contributed by atoms with E-state index in [0.29, 0.717) is 0 Å². The smallest absolute Gasteiger partial charge is 0.243 e. The minimum atomic E-state index is -3.73. The summed E-state index contributed by atoms with van der Waals surface area (Å²) in [6, 6.07) is 11.9. The van der Waals surface area contributed by atoms with Crippen molar-refractivity contribution < 1.29 is 17.6 Å². The number of hydrogen-bond acceptors (Lipinski definition) is 4. The van der Waals surface area contributed by atoms with Gasteiger partial charge in [0.25, 0.3) is 0 Å². The van der Waals surface area contributed by atoms with Gasteiger partial charge in [-0.3, -0.25) is 9.10 Å². The van der Waals surface area contributed by atoms with Gasteiger partial charge in [0.2, 0.25) is 15.9 Å². The quantitative estimate of drug-likeness (QED) is 0.675. The molecule has 0 aromatic heterocycles. The van der Waals surface area contributed by atoms with E-state index in [1.807, 2.05) is 24.3 Å². The molecule has 0 saturated heterocycles. The molecule has 0 aliphatic carbocycles. The van der Waals surface area contributed by atoms with Crippen molar-refractivity contribution in [3.8, 4) is 0 Å². The SMILES string of the molecule is CCN(CC)c1ccc(CNC(=O)C(C)N(c2ccc(F)cc2)S(C)(=O)=O)cc1. The lowest BCUT2D eigenvalue weighted by Gasteiger charge is -2.28. The lowest BCUT2D eigenvalue weighted by Crippen LogP contribution is -2.47. The summed E-state index contributed by atoms with van der Waals surface area (Å²) in [6.45, 7) is 7.79. The molecule has 158 valence electrons. The summed E-state index contributed by atoms with van der Waals surface area (Å²) in [5.41, 5.74) is 2.26. The standard InChI is InChI=1S/C21H28FN3O3S/c1-5-24(6-2)19-11-7-17(8-12-19)15-23-21(26)16(3)25(29(4,27)28)20-13-9-18(22)10-14-20/h7-14,16H,5-6,15H2,1-4H3,(H,23,26). The zero-order valence-electron chi connectivity index (χ0n) is 17.2. The molecule has 8 heteroatoms. The van der Waals surface area contributed by atoms with Gasteiger partial charge in [-0.05, 0) is 62.7 Å². The molecule has 1 amide bonds. The van der Waals surface area contributed by atoms with Crippen LogP contribution in [0.5, 0.6) is 0 Å². The van der Waals surface area contributed by atoms with Crippen LogP contribution in [0.1, 0.15) is 26.3 Å². The van der Waals surface area contributed by atoms with Crippen LogP contribution < -0.4 is 14.5 Å². The van der Waals surface area contributed by atoms with Crippen molar-refractivity contribution in [3.05, 3.63) is 59.9 Å². The van der Waals surface area contributed by atoms with E-state index in [9.17, 15) is 17.6 Å². The van der Waals surface area contributed by atoms with Crippen molar-refractivity contribution >= 4 is 27.3 Å². The second-order valence-corrected chi connectivity index (χ2v) is 8.63. The Hall–Kier alpha value is -2.61. The second-order valence-electron chi connectivity index (χ2n) is 6.77. The molecule has 0 spiro atoms. The van der Waals surface area contributed by atoms with E-state index in [-0.39, 0.29) is 12.2 Å². The Morgan fingerprint density at radius 3 is 2.00 bits per heavy atom. The van der Waals surface area contributed by atoms with E-state index in [1.165, 1.54) is 19.1 Å². The first-order valence-electron chi connectivity index (χ1n) is 9.54. The highest BCUT2D eigenvalue weighted by molar-refractivity contribution is 7.92. The van der Waals surface area contributed by atoms with Gasteiger partial charge >= 0.3 is 0 Å². The first kappa shape index (κ1) is 22.7. The van der Waals surface area contributed by atoms with Crippen molar-refractivity contribution in [2.75, 3.05) is 28.6 Å². The fourth-order valence-electron chi connectivity index (χ4n) is 3.15. The van der Waals surface area contributed by atoms with Gasteiger partial charge in [0.1, 0.15) is 11.9 Å². The normalized spacial score (nSPS) is 12.3. The van der Waals surface area contributed by atoms with Crippen LogP contribution in [0, 0.1) is 5.82 Å². The van der Waals surface area contributed by atoms with Crippen LogP contribution in [-0.4, -0.2) is 39.7 Å². The highest BCUT2D eigenvalue weighted by Crippen LogP contribution is 2.21. The molecule has 0 saturated carbocycles. The molecular formula is C21H28FN3O3S. The van der Waals surface area contributed by atoms with Crippen LogP contribution in [0.25, 0.3) is 0 Å². The van der Waals surface area contributed by atoms with Crippen molar-refractivity contribution in [2.24, 2.45) is 0 Å². The Morgan fingerprint density at radius 2 is 1.52 bits per heavy atom. The summed E-state index contributed by atoms with van der Waals surface area (Å²) < 4.78 is 38.7. The topological polar surface area (TPSA) is 69.7 Å². The van der Waals surface area contributed by atoms with Crippen LogP contribution in [0.3, 0.4) is 0 Å². The molecule has 1 unspecified atom stereocenters. The van der Waals surface area contributed by atoms with Crippen molar-refractivity contribution in [2.45, 2.75) is 33.4 Å². The lowest BCUT2D eigenvalue weighted by atomic mass is 10.2. The summed E-state index contributed by atoms with van der Waals surface area (Å²) in [7, 11) is -3.73. The Kier molecular flexibility index (Phi) is 7.61. The van der Waals surface area contributed by atoms with Crippen molar-refractivity contribution in [1.82, 2.24) is 5.32 Å². The van der Waals surface area contributed by atoms with Crippen molar-refractivity contribution in [3.63, 3.8) is 0 Å². The maximum Gasteiger partial charge on any atom is 0.243 e. The largest absolute Gasteiger partial charge is 0.372 e. The fourth-order valence-corrected chi connectivity index (χ4v) is 4.32. The number of carbonyl (C=O) groups is 1. The molecule has 2 aromatic carbocycles. The minimum absolute atomic E-state index is 0.236. The van der Waals surface area contributed by atoms with Crippen LogP contribution in [-0.2, 0) is 21.4 Å². The van der Waals surface area contributed by atoms with E-state index < -0.39 is 27.8 Å². The molecule has 29 heavy (non-hydrogen) atoms. The molecular weight excluding hydrogens is 393 g/mol. The molecule has 0 heterocycles. The highest BCUT2D eigenvalue weighted by atomic mass is 32.2. The number of hydrogen-bond donors (Lipinski definition) is 1. The first-order valence-corrected chi connectivity index (χ1v) is 11.4. The Balaban J connectivity index is 2.09. The number of nitrogens with zero attached hydrogens (tertiary/aromatic N) is 2. The summed E-state index contributed by atoms with van der Waals surface area (Å²) in [5, 5.41) is 2.78. The van der Waals surface area contributed by atoms with E-state index in [0.717, 1.165) is 47.0 Å². The number of amides is 1. The minimum Gasteiger partial charge on any atom is -0.372 e. The second kappa shape index (κ2) is 9.73. The average Bonchev–Trinajstić information content (AvgIpc) is 2.68. The van der Waals surface area contributed by atoms with Gasteiger partial charge in [0.05, 0.1) is 11.9 Å². The number of rotatable bonds is 9. The maximum absolute atomic E-state index is 13.2. The van der Waals surface area contributed by atoms with Gasteiger partial charge in [-0.25, -0.2) is 12.8 Å². The Labute approximate surface area is 172 Å². The third-order valence-corrected chi connectivity index (χ3v) is 5.94. The molecule has 2 rings (SSSR count). The number of nitrogens with one attached hydrogen (secondary N) is 1. The summed E-state index contributed by atoms with van der Waals surface area (Å²) >= 11 is 0. The van der Waals surface area contributed by atoms with Gasteiger partial charge in [0, 0.05) is 25.3 Å². The molecule has 0 bridgehead atoms. The molecule has 1 atom stereocenters. The highest BCUT2D eigenvalue weighted by Gasteiger charge is 2.28. The van der Waals surface area contributed by atoms with Gasteiger partial charge in [0.15, 0.2) is 0 Å².